The summed E-state index contributed by atoms with van der Waals surface area (Å²) in [7, 11) is -4.61. The van der Waals surface area contributed by atoms with E-state index in [0.29, 0.717) is 0 Å². The van der Waals surface area contributed by atoms with E-state index in [4.69, 9.17) is 19.2 Å². The minimum absolute atomic E-state index is 0. The molecule has 0 aromatic rings. The number of hydrogen-bond donors (Lipinski definition) is 4. The second kappa shape index (κ2) is 5.96. The van der Waals surface area contributed by atoms with E-state index in [1.807, 2.05) is 0 Å². The van der Waals surface area contributed by atoms with Gasteiger partial charge in [-0.3, -0.25) is 0 Å². The molecule has 7 heavy (non-hydrogen) atoms. The molecule has 4 nitrogen and oxygen atoms in total. The zero-order valence-electron chi connectivity index (χ0n) is 2.70. The third-order valence-electron chi connectivity index (χ3n) is 0. The molecule has 0 heterocycles. The Morgan fingerprint density at radius 2 is 0.857 bits per heavy atom. The standard InChI is InChI=1S/ClH.H4O4Si.Sr.2H/c;1-5(2,3)4;;;/h1H;1-4H;;;. The Balaban J connectivity index is -0.0000000800. The maximum atomic E-state index is 7.33. The van der Waals surface area contributed by atoms with Crippen molar-refractivity contribution in [2.75, 3.05) is 0 Å². The number of rotatable bonds is 0. The van der Waals surface area contributed by atoms with Gasteiger partial charge in [0.15, 0.2) is 0 Å². The minimum atomic E-state index is -4.61. The Morgan fingerprint density at radius 3 is 0.857 bits per heavy atom. The molecule has 0 aromatic carbocycles. The van der Waals surface area contributed by atoms with Gasteiger partial charge in [-0.1, -0.05) is 0 Å². The molecule has 44 valence electrons. The molecule has 7 heteroatoms. The van der Waals surface area contributed by atoms with Crippen LogP contribution in [0, 0.1) is 0 Å². The van der Waals surface area contributed by atoms with Crippen LogP contribution in [0.25, 0.3) is 0 Å². The first kappa shape index (κ1) is 15.9. The van der Waals surface area contributed by atoms with Gasteiger partial charge < -0.3 is 19.2 Å². The summed E-state index contributed by atoms with van der Waals surface area (Å²) in [5, 5.41) is 0. The third kappa shape index (κ3) is 79.6. The average molecular weight is 222 g/mol. The number of halogens is 1. The Hall–Kier alpha value is 1.83. The topological polar surface area (TPSA) is 80.9 Å². The van der Waals surface area contributed by atoms with E-state index in [1.54, 1.807) is 0 Å². The zero-order valence-corrected chi connectivity index (χ0v) is 4.51. The molecule has 0 aliphatic rings. The van der Waals surface area contributed by atoms with Gasteiger partial charge in [0.05, 0.1) is 0 Å². The third-order valence-corrected chi connectivity index (χ3v) is 0. The molecule has 0 unspecified atom stereocenters. The first-order valence-electron chi connectivity index (χ1n) is 0.894. The molecule has 4 N–H and O–H groups in total. The Labute approximate surface area is 85.0 Å². The molecule has 0 radical (unpaired) electrons. The van der Waals surface area contributed by atoms with E-state index in [0.717, 1.165) is 0 Å². The van der Waals surface area contributed by atoms with Gasteiger partial charge in [0.2, 0.25) is 0 Å². The van der Waals surface area contributed by atoms with Gasteiger partial charge in [0.1, 0.15) is 0 Å². The van der Waals surface area contributed by atoms with Crippen LogP contribution >= 0.6 is 12.4 Å². The van der Waals surface area contributed by atoms with Gasteiger partial charge in [-0.2, -0.15) is 0 Å². The van der Waals surface area contributed by atoms with Crippen molar-refractivity contribution in [3.8, 4) is 0 Å². The summed E-state index contributed by atoms with van der Waals surface area (Å²) in [4.78, 5) is 29.3. The molecular weight excluding hydrogens is 215 g/mol. The fourth-order valence-electron chi connectivity index (χ4n) is 0. The molecule has 0 fully saturated rings. The van der Waals surface area contributed by atoms with Crippen LogP contribution in [0.15, 0.2) is 0 Å². The van der Waals surface area contributed by atoms with Gasteiger partial charge >= 0.3 is 54.5 Å². The molecule has 0 atom stereocenters. The van der Waals surface area contributed by atoms with E-state index in [-0.39, 0.29) is 57.9 Å². The van der Waals surface area contributed by atoms with Gasteiger partial charge in [-0.25, -0.2) is 0 Å². The monoisotopic (exact) mass is 222 g/mol. The summed E-state index contributed by atoms with van der Waals surface area (Å²) in [6, 6.07) is 0. The summed E-state index contributed by atoms with van der Waals surface area (Å²) >= 11 is 0. The summed E-state index contributed by atoms with van der Waals surface area (Å²) in [5.74, 6) is 0. The van der Waals surface area contributed by atoms with Crippen LogP contribution in [0.5, 0.6) is 0 Å². The molecule has 0 spiro atoms. The summed E-state index contributed by atoms with van der Waals surface area (Å²) < 4.78 is 0. The molecule has 0 amide bonds. The fourth-order valence-corrected chi connectivity index (χ4v) is 0. The van der Waals surface area contributed by atoms with Crippen LogP contribution < -0.4 is 0 Å². The number of hydrogen-bond acceptors (Lipinski definition) is 4. The van der Waals surface area contributed by atoms with Crippen molar-refractivity contribution in [3.05, 3.63) is 0 Å². The van der Waals surface area contributed by atoms with Crippen LogP contribution in [0.2, 0.25) is 0 Å². The van der Waals surface area contributed by atoms with Crippen molar-refractivity contribution >= 4 is 66.9 Å². The molecule has 0 saturated carbocycles. The molecule has 0 aliphatic heterocycles. The van der Waals surface area contributed by atoms with Gasteiger partial charge in [-0.05, 0) is 0 Å². The van der Waals surface area contributed by atoms with Crippen molar-refractivity contribution in [1.82, 2.24) is 0 Å². The average Bonchev–Trinajstić information content (AvgIpc) is 0.722. The molecule has 0 rings (SSSR count). The van der Waals surface area contributed by atoms with Crippen molar-refractivity contribution in [1.29, 1.82) is 0 Å². The van der Waals surface area contributed by atoms with E-state index >= 15 is 0 Å². The summed E-state index contributed by atoms with van der Waals surface area (Å²) in [6.45, 7) is 0. The molecule has 0 aliphatic carbocycles. The summed E-state index contributed by atoms with van der Waals surface area (Å²) in [5.41, 5.74) is 0. The van der Waals surface area contributed by atoms with Crippen molar-refractivity contribution in [2.45, 2.75) is 0 Å². The Kier molecular flexibility index (Phi) is 13.5. The van der Waals surface area contributed by atoms with Gasteiger partial charge in [-0.15, -0.1) is 12.4 Å². The van der Waals surface area contributed by atoms with Crippen LogP contribution in [0.4, 0.5) is 0 Å². The maximum absolute atomic E-state index is 7.33. The normalized spacial score (nSPS) is 8.57. The van der Waals surface area contributed by atoms with Crippen molar-refractivity contribution in [3.63, 3.8) is 0 Å². The van der Waals surface area contributed by atoms with Crippen LogP contribution in [0.1, 0.15) is 0 Å². The van der Waals surface area contributed by atoms with Crippen molar-refractivity contribution in [2.24, 2.45) is 0 Å². The predicted octanol–water partition coefficient (Wildman–Crippen LogP) is -3.10. The molecule has 0 bridgehead atoms. The van der Waals surface area contributed by atoms with Crippen LogP contribution in [0.3, 0.4) is 0 Å². The second-order valence-corrected chi connectivity index (χ2v) is 1.80. The molecule has 0 saturated heterocycles. The quantitative estimate of drug-likeness (QED) is 0.327. The van der Waals surface area contributed by atoms with E-state index in [9.17, 15) is 0 Å². The van der Waals surface area contributed by atoms with E-state index in [1.165, 1.54) is 0 Å². The Morgan fingerprint density at radius 1 is 0.857 bits per heavy atom. The van der Waals surface area contributed by atoms with Crippen LogP contribution in [-0.2, 0) is 0 Å². The predicted molar refractivity (Wildman–Crippen MR) is 30.4 cm³/mol. The Bertz CT molecular complexity index is 27.2. The van der Waals surface area contributed by atoms with Gasteiger partial charge in [0, 0.05) is 0 Å². The van der Waals surface area contributed by atoms with E-state index < -0.39 is 9.05 Å². The SMILES string of the molecule is Cl.O[Si](O)(O)O.[SrH2]. The molecular formula is H7ClO4SiSr. The van der Waals surface area contributed by atoms with Gasteiger partial charge in [0.25, 0.3) is 0 Å². The second-order valence-electron chi connectivity index (χ2n) is 0.600. The first-order chi connectivity index (χ1) is 2.00. The first-order valence-corrected chi connectivity index (χ1v) is 2.68. The fraction of sp³-hybridized carbons (Fsp3) is 0. The van der Waals surface area contributed by atoms with E-state index in [2.05, 4.69) is 0 Å². The summed E-state index contributed by atoms with van der Waals surface area (Å²) in [6.07, 6.45) is 0. The van der Waals surface area contributed by atoms with Crippen LogP contribution in [-0.4, -0.2) is 73.7 Å². The zero-order chi connectivity index (χ0) is 4.50. The van der Waals surface area contributed by atoms with Crippen molar-refractivity contribution < 1.29 is 19.2 Å². The molecule has 0 aromatic heterocycles.